The third-order valence-corrected chi connectivity index (χ3v) is 17.3. The van der Waals surface area contributed by atoms with Gasteiger partial charge in [0.05, 0.1) is 29.4 Å². The summed E-state index contributed by atoms with van der Waals surface area (Å²) in [5, 5.41) is 1.29. The molecule has 3 fully saturated rings. The van der Waals surface area contributed by atoms with Crippen LogP contribution in [0.2, 0.25) is 20.1 Å². The molecule has 338 valence electrons. The third kappa shape index (κ3) is 8.95. The monoisotopic (exact) mass is 991 g/mol. The highest BCUT2D eigenvalue weighted by Gasteiger charge is 2.52. The second-order valence-electron chi connectivity index (χ2n) is 16.3. The normalized spacial score (nSPS) is 20.1. The summed E-state index contributed by atoms with van der Waals surface area (Å²) in [4.78, 5) is 20.8. The second-order valence-corrected chi connectivity index (χ2v) is 21.9. The number of rotatable bonds is 9. The summed E-state index contributed by atoms with van der Waals surface area (Å²) >= 11 is 26.3. The highest BCUT2D eigenvalue weighted by molar-refractivity contribution is 7.89. The van der Waals surface area contributed by atoms with Gasteiger partial charge in [-0.25, -0.2) is 25.6 Å². The zero-order valence-corrected chi connectivity index (χ0v) is 39.5. The molecule has 2 unspecified atom stereocenters. The van der Waals surface area contributed by atoms with E-state index in [0.717, 1.165) is 0 Å². The molecule has 5 aromatic carbocycles. The predicted molar refractivity (Wildman–Crippen MR) is 250 cm³/mol. The molecule has 2 atom stereocenters. The summed E-state index contributed by atoms with van der Waals surface area (Å²) in [5.41, 5.74) is 3.14. The van der Waals surface area contributed by atoms with Crippen LogP contribution in [0.15, 0.2) is 113 Å². The first-order valence-electron chi connectivity index (χ1n) is 20.6. The molecule has 3 saturated heterocycles. The largest absolute Gasteiger partial charge is 0.357 e. The molecule has 0 N–H and O–H groups in total. The number of halogens is 6. The van der Waals surface area contributed by atoms with Crippen molar-refractivity contribution < 1.29 is 30.4 Å². The number of piperazine rings is 3. The summed E-state index contributed by atoms with van der Waals surface area (Å²) in [7, 11) is -8.17. The third-order valence-electron chi connectivity index (χ3n) is 12.6. The molecule has 8 rings (SSSR count). The Morgan fingerprint density at radius 3 is 1.62 bits per heavy atom. The minimum atomic E-state index is -4.09. The van der Waals surface area contributed by atoms with Crippen LogP contribution in [0.25, 0.3) is 0 Å². The number of sulfonamides is 2. The van der Waals surface area contributed by atoms with Crippen LogP contribution in [-0.4, -0.2) is 114 Å². The molecule has 5 aromatic rings. The maximum atomic E-state index is 15.1. The SMILES string of the molecule is Cc1cc(F)ccc1N1CCN(S(=O)(=O)c2cccc(Cl)c2)CC1C(=O)N1CC[N+](c2cc(Cl)ccc2Cl)(C2CN(S(=O)(=O)c3cccc(Cl)c3)CCN2c2ccc(F)cc2C)CC1. The van der Waals surface area contributed by atoms with Crippen molar-refractivity contribution in [2.75, 3.05) is 75.2 Å². The summed E-state index contributed by atoms with van der Waals surface area (Å²) < 4.78 is 88.8. The number of hydrogen-bond donors (Lipinski definition) is 0. The van der Waals surface area contributed by atoms with E-state index in [1.165, 1.54) is 57.1 Å². The van der Waals surface area contributed by atoms with Crippen molar-refractivity contribution in [1.29, 1.82) is 0 Å². The van der Waals surface area contributed by atoms with Crippen LogP contribution in [0.5, 0.6) is 0 Å². The lowest BCUT2D eigenvalue weighted by molar-refractivity contribution is -0.135. The maximum Gasteiger partial charge on any atom is 0.247 e. The van der Waals surface area contributed by atoms with Crippen LogP contribution >= 0.6 is 46.4 Å². The standard InChI is InChI=1S/C45H45Cl4F2N6O5S2/c1-30-23-35(50)10-13-40(30)55-17-15-53(63(59,60)37-7-3-5-32(46)25-37)28-42(55)45(58)52-19-21-57(22-20-52,43-27-34(48)9-12-39(43)49)44-29-54(64(61,62)38-8-4-6-33(47)26-38)16-18-56(44)41-14-11-36(51)24-31(41)2/h3-14,23-27,42,44H,15-22,28-29H2,1-2H3/q+1. The van der Waals surface area contributed by atoms with Crippen LogP contribution in [-0.2, 0) is 24.8 Å². The summed E-state index contributed by atoms with van der Waals surface area (Å²) in [6.45, 7) is 4.57. The van der Waals surface area contributed by atoms with E-state index < -0.39 is 43.9 Å². The molecule has 1 amide bonds. The lowest BCUT2D eigenvalue weighted by Crippen LogP contribution is -2.75. The lowest BCUT2D eigenvalue weighted by atomic mass is 10.0. The number of quaternary nitrogens is 1. The van der Waals surface area contributed by atoms with E-state index in [4.69, 9.17) is 46.4 Å². The second kappa shape index (κ2) is 18.3. The van der Waals surface area contributed by atoms with Gasteiger partial charge < -0.3 is 14.7 Å². The van der Waals surface area contributed by atoms with E-state index in [1.807, 2.05) is 4.90 Å². The van der Waals surface area contributed by atoms with Crippen molar-refractivity contribution >= 4 is 89.4 Å². The molecule has 64 heavy (non-hydrogen) atoms. The number of nitrogens with zero attached hydrogens (tertiary/aromatic N) is 6. The van der Waals surface area contributed by atoms with Crippen molar-refractivity contribution in [3.05, 3.63) is 146 Å². The van der Waals surface area contributed by atoms with Gasteiger partial charge in [0.2, 0.25) is 26.0 Å². The topological polar surface area (TPSA) is 102 Å². The molecule has 0 radical (unpaired) electrons. The highest BCUT2D eigenvalue weighted by atomic mass is 35.5. The maximum absolute atomic E-state index is 15.1. The Balaban J connectivity index is 1.18. The zero-order valence-electron chi connectivity index (χ0n) is 34.8. The Kier molecular flexibility index (Phi) is 13.3. The molecule has 0 spiro atoms. The van der Waals surface area contributed by atoms with Crippen molar-refractivity contribution in [2.24, 2.45) is 0 Å². The Morgan fingerprint density at radius 1 is 0.594 bits per heavy atom. The summed E-state index contributed by atoms with van der Waals surface area (Å²) in [5.74, 6) is -1.20. The zero-order chi connectivity index (χ0) is 45.7. The fourth-order valence-corrected chi connectivity index (χ4v) is 13.3. The van der Waals surface area contributed by atoms with Gasteiger partial charge >= 0.3 is 0 Å². The van der Waals surface area contributed by atoms with Gasteiger partial charge in [-0.05, 0) is 110 Å². The first-order valence-corrected chi connectivity index (χ1v) is 25.0. The van der Waals surface area contributed by atoms with E-state index in [1.54, 1.807) is 73.3 Å². The van der Waals surface area contributed by atoms with E-state index in [9.17, 15) is 25.6 Å². The number of amides is 1. The molecular weight excluding hydrogens is 948 g/mol. The quantitative estimate of drug-likeness (QED) is 0.137. The van der Waals surface area contributed by atoms with Crippen molar-refractivity contribution in [3.8, 4) is 0 Å². The van der Waals surface area contributed by atoms with Crippen molar-refractivity contribution in [3.63, 3.8) is 0 Å². The molecule has 0 aromatic heterocycles. The smallest absolute Gasteiger partial charge is 0.247 e. The molecule has 0 bridgehead atoms. The molecule has 11 nitrogen and oxygen atoms in total. The van der Waals surface area contributed by atoms with Crippen LogP contribution in [0.3, 0.4) is 0 Å². The van der Waals surface area contributed by atoms with Crippen molar-refractivity contribution in [1.82, 2.24) is 18.0 Å². The molecule has 3 heterocycles. The Bertz CT molecular complexity index is 2840. The minimum absolute atomic E-state index is 0.00378. The molecule has 3 aliphatic heterocycles. The summed E-state index contributed by atoms with van der Waals surface area (Å²) in [6.07, 6.45) is -0.675. The van der Waals surface area contributed by atoms with Gasteiger partial charge in [0.25, 0.3) is 0 Å². The first-order chi connectivity index (χ1) is 30.4. The van der Waals surface area contributed by atoms with Crippen LogP contribution in [0.1, 0.15) is 11.1 Å². The van der Waals surface area contributed by atoms with E-state index >= 15 is 4.79 Å². The Hall–Kier alpha value is -4.03. The van der Waals surface area contributed by atoms with Gasteiger partial charge in [-0.2, -0.15) is 8.61 Å². The minimum Gasteiger partial charge on any atom is -0.357 e. The number of carbonyl (C=O) groups is 1. The highest BCUT2D eigenvalue weighted by Crippen LogP contribution is 2.42. The van der Waals surface area contributed by atoms with Gasteiger partial charge in [-0.15, -0.1) is 0 Å². The van der Waals surface area contributed by atoms with E-state index in [2.05, 4.69) is 4.90 Å². The molecule has 0 saturated carbocycles. The fourth-order valence-electron chi connectivity index (χ4n) is 9.35. The molecule has 0 aliphatic carbocycles. The van der Waals surface area contributed by atoms with E-state index in [-0.39, 0.29) is 95.7 Å². The predicted octanol–water partition coefficient (Wildman–Crippen LogP) is 8.46. The molecular formula is C45H45Cl4F2N6O5S2+. The van der Waals surface area contributed by atoms with Gasteiger partial charge in [-0.3, -0.25) is 9.28 Å². The number of carbonyl (C=O) groups excluding carboxylic acids is 1. The fraction of sp³-hybridized carbons (Fsp3) is 0.311. The number of benzene rings is 5. The molecule has 3 aliphatic rings. The Morgan fingerprint density at radius 2 is 1.09 bits per heavy atom. The van der Waals surface area contributed by atoms with Gasteiger partial charge in [0, 0.05) is 65.2 Å². The van der Waals surface area contributed by atoms with Crippen LogP contribution < -0.4 is 14.3 Å². The van der Waals surface area contributed by atoms with Crippen LogP contribution in [0.4, 0.5) is 25.8 Å². The summed E-state index contributed by atoms with van der Waals surface area (Å²) in [6, 6.07) is 25.0. The number of anilines is 2. The first kappa shape index (κ1) is 46.5. The van der Waals surface area contributed by atoms with Crippen LogP contribution in [0, 0.1) is 25.5 Å². The Labute approximate surface area is 392 Å². The number of aryl methyl sites for hydroxylation is 2. The molecule has 19 heteroatoms. The number of hydrogen-bond acceptors (Lipinski definition) is 7. The van der Waals surface area contributed by atoms with Gasteiger partial charge in [0.15, 0.2) is 11.9 Å². The van der Waals surface area contributed by atoms with Gasteiger partial charge in [-0.1, -0.05) is 58.5 Å². The van der Waals surface area contributed by atoms with Gasteiger partial charge in [0.1, 0.15) is 35.8 Å². The lowest BCUT2D eigenvalue weighted by Gasteiger charge is -2.55. The average molecular weight is 994 g/mol. The van der Waals surface area contributed by atoms with E-state index in [0.29, 0.717) is 38.2 Å². The average Bonchev–Trinajstić information content (AvgIpc) is 3.27. The van der Waals surface area contributed by atoms with Crippen molar-refractivity contribution in [2.45, 2.75) is 35.8 Å².